The predicted octanol–water partition coefficient (Wildman–Crippen LogP) is 3.29. The van der Waals surface area contributed by atoms with E-state index in [4.69, 9.17) is 21.1 Å². The molecule has 114 valence electrons. The van der Waals surface area contributed by atoms with Crippen LogP contribution >= 0.6 is 11.6 Å². The van der Waals surface area contributed by atoms with Crippen molar-refractivity contribution < 1.29 is 9.47 Å². The quantitative estimate of drug-likeness (QED) is 0.673. The van der Waals surface area contributed by atoms with Crippen LogP contribution in [0, 0.1) is 5.92 Å². The second-order valence-corrected chi connectivity index (χ2v) is 5.51. The minimum Gasteiger partial charge on any atom is -0.475 e. The molecule has 0 radical (unpaired) electrons. The monoisotopic (exact) mass is 300 g/mol. The average molecular weight is 301 g/mol. The first-order valence-electron chi connectivity index (χ1n) is 7.19. The average Bonchev–Trinajstić information content (AvgIpc) is 2.41. The number of hydrogen-bond donors (Lipinski definition) is 1. The SMILES string of the molecule is CCCOCCOc1cc(CNCC(C)C)c(Cl)cn1. The number of nitrogens with zero attached hydrogens (tertiary/aromatic N) is 1. The number of ether oxygens (including phenoxy) is 2. The summed E-state index contributed by atoms with van der Waals surface area (Å²) in [6.45, 7) is 9.96. The van der Waals surface area contributed by atoms with Crippen molar-refractivity contribution >= 4 is 11.6 Å². The van der Waals surface area contributed by atoms with Gasteiger partial charge in [-0.1, -0.05) is 32.4 Å². The minimum absolute atomic E-state index is 0.507. The zero-order valence-electron chi connectivity index (χ0n) is 12.6. The number of nitrogens with one attached hydrogen (secondary N) is 1. The summed E-state index contributed by atoms with van der Waals surface area (Å²) in [5.41, 5.74) is 1.01. The molecule has 0 fully saturated rings. The molecule has 1 heterocycles. The molecule has 0 spiro atoms. The first-order valence-corrected chi connectivity index (χ1v) is 7.57. The highest BCUT2D eigenvalue weighted by molar-refractivity contribution is 6.31. The Balaban J connectivity index is 2.40. The van der Waals surface area contributed by atoms with E-state index in [2.05, 4.69) is 31.1 Å². The maximum atomic E-state index is 6.13. The van der Waals surface area contributed by atoms with Crippen LogP contribution in [0.5, 0.6) is 5.88 Å². The van der Waals surface area contributed by atoms with Crippen LogP contribution < -0.4 is 10.1 Å². The van der Waals surface area contributed by atoms with E-state index in [1.165, 1.54) is 0 Å². The summed E-state index contributed by atoms with van der Waals surface area (Å²) < 4.78 is 10.9. The fourth-order valence-corrected chi connectivity index (χ4v) is 1.79. The van der Waals surface area contributed by atoms with E-state index in [9.17, 15) is 0 Å². The molecule has 20 heavy (non-hydrogen) atoms. The van der Waals surface area contributed by atoms with Crippen LogP contribution in [0.15, 0.2) is 12.3 Å². The van der Waals surface area contributed by atoms with Crippen LogP contribution in [0.2, 0.25) is 5.02 Å². The Labute approximate surface area is 126 Å². The predicted molar refractivity (Wildman–Crippen MR) is 82.4 cm³/mol. The molecule has 0 aliphatic heterocycles. The Bertz CT molecular complexity index is 386. The van der Waals surface area contributed by atoms with E-state index in [0.29, 0.717) is 30.0 Å². The molecule has 1 rings (SSSR count). The lowest BCUT2D eigenvalue weighted by atomic mass is 10.2. The van der Waals surface area contributed by atoms with Crippen molar-refractivity contribution in [1.82, 2.24) is 10.3 Å². The molecule has 1 N–H and O–H groups in total. The van der Waals surface area contributed by atoms with Gasteiger partial charge in [0, 0.05) is 25.4 Å². The summed E-state index contributed by atoms with van der Waals surface area (Å²) >= 11 is 6.13. The molecule has 0 aromatic carbocycles. The van der Waals surface area contributed by atoms with Crippen LogP contribution in [0.4, 0.5) is 0 Å². The third-order valence-corrected chi connectivity index (χ3v) is 2.94. The molecule has 0 saturated heterocycles. The van der Waals surface area contributed by atoms with Gasteiger partial charge in [-0.25, -0.2) is 4.98 Å². The van der Waals surface area contributed by atoms with Gasteiger partial charge in [-0.3, -0.25) is 0 Å². The molecule has 0 aliphatic carbocycles. The molecule has 0 aliphatic rings. The van der Waals surface area contributed by atoms with E-state index >= 15 is 0 Å². The molecule has 0 saturated carbocycles. The zero-order valence-corrected chi connectivity index (χ0v) is 13.4. The van der Waals surface area contributed by atoms with Crippen LogP contribution in [0.25, 0.3) is 0 Å². The molecule has 0 amide bonds. The van der Waals surface area contributed by atoms with Crippen molar-refractivity contribution in [2.75, 3.05) is 26.4 Å². The van der Waals surface area contributed by atoms with Gasteiger partial charge in [0.1, 0.15) is 6.61 Å². The van der Waals surface area contributed by atoms with Crippen molar-refractivity contribution in [3.05, 3.63) is 22.8 Å². The highest BCUT2D eigenvalue weighted by atomic mass is 35.5. The first kappa shape index (κ1) is 17.2. The number of aromatic nitrogens is 1. The lowest BCUT2D eigenvalue weighted by Crippen LogP contribution is -2.19. The van der Waals surface area contributed by atoms with Gasteiger partial charge in [0.15, 0.2) is 0 Å². The van der Waals surface area contributed by atoms with E-state index in [-0.39, 0.29) is 0 Å². The fraction of sp³-hybridized carbons (Fsp3) is 0.667. The van der Waals surface area contributed by atoms with Gasteiger partial charge >= 0.3 is 0 Å². The summed E-state index contributed by atoms with van der Waals surface area (Å²) in [5.74, 6) is 1.21. The van der Waals surface area contributed by atoms with Gasteiger partial charge in [-0.15, -0.1) is 0 Å². The fourth-order valence-electron chi connectivity index (χ4n) is 1.62. The molecule has 4 nitrogen and oxygen atoms in total. The Morgan fingerprint density at radius 1 is 1.30 bits per heavy atom. The van der Waals surface area contributed by atoms with Crippen LogP contribution in [0.3, 0.4) is 0 Å². The van der Waals surface area contributed by atoms with Crippen molar-refractivity contribution in [1.29, 1.82) is 0 Å². The zero-order chi connectivity index (χ0) is 14.8. The van der Waals surface area contributed by atoms with Crippen LogP contribution in [-0.4, -0.2) is 31.3 Å². The van der Waals surface area contributed by atoms with Crippen LogP contribution in [0.1, 0.15) is 32.8 Å². The Morgan fingerprint density at radius 3 is 2.80 bits per heavy atom. The molecular formula is C15H25ClN2O2. The van der Waals surface area contributed by atoms with Gasteiger partial charge in [-0.2, -0.15) is 0 Å². The van der Waals surface area contributed by atoms with E-state index in [1.54, 1.807) is 6.20 Å². The van der Waals surface area contributed by atoms with Crippen molar-refractivity contribution in [2.24, 2.45) is 5.92 Å². The Morgan fingerprint density at radius 2 is 2.10 bits per heavy atom. The summed E-state index contributed by atoms with van der Waals surface area (Å²) in [7, 11) is 0. The van der Waals surface area contributed by atoms with Gasteiger partial charge in [-0.05, 0) is 24.4 Å². The number of halogens is 1. The summed E-state index contributed by atoms with van der Waals surface area (Å²) in [6, 6.07) is 1.88. The lowest BCUT2D eigenvalue weighted by molar-refractivity contribution is 0.0990. The molecule has 0 bridgehead atoms. The van der Waals surface area contributed by atoms with Gasteiger partial charge in [0.05, 0.1) is 11.6 Å². The summed E-state index contributed by atoms with van der Waals surface area (Å²) in [4.78, 5) is 4.16. The van der Waals surface area contributed by atoms with E-state index < -0.39 is 0 Å². The molecule has 0 unspecified atom stereocenters. The standard InChI is InChI=1S/C15H25ClN2O2/c1-4-5-19-6-7-20-15-8-13(14(16)11-18-15)10-17-9-12(2)3/h8,11-12,17H,4-7,9-10H2,1-3H3. The minimum atomic E-state index is 0.507. The molecule has 5 heteroatoms. The summed E-state index contributed by atoms with van der Waals surface area (Å²) in [6.07, 6.45) is 2.65. The van der Waals surface area contributed by atoms with Crippen molar-refractivity contribution in [3.63, 3.8) is 0 Å². The normalized spacial score (nSPS) is 11.1. The molecule has 1 aromatic heterocycles. The Kier molecular flexibility index (Phi) is 8.58. The first-order chi connectivity index (χ1) is 9.63. The lowest BCUT2D eigenvalue weighted by Gasteiger charge is -2.11. The second-order valence-electron chi connectivity index (χ2n) is 5.10. The smallest absolute Gasteiger partial charge is 0.213 e. The van der Waals surface area contributed by atoms with Gasteiger partial charge in [0.2, 0.25) is 5.88 Å². The maximum absolute atomic E-state index is 6.13. The largest absolute Gasteiger partial charge is 0.475 e. The van der Waals surface area contributed by atoms with Gasteiger partial charge in [0.25, 0.3) is 0 Å². The third-order valence-electron chi connectivity index (χ3n) is 2.60. The molecular weight excluding hydrogens is 276 g/mol. The highest BCUT2D eigenvalue weighted by Crippen LogP contribution is 2.19. The molecule has 0 atom stereocenters. The summed E-state index contributed by atoms with van der Waals surface area (Å²) in [5, 5.41) is 4.02. The number of hydrogen-bond acceptors (Lipinski definition) is 4. The maximum Gasteiger partial charge on any atom is 0.213 e. The Hall–Kier alpha value is -0.840. The third kappa shape index (κ3) is 7.08. The number of rotatable bonds is 10. The van der Waals surface area contributed by atoms with E-state index in [0.717, 1.165) is 31.7 Å². The van der Waals surface area contributed by atoms with Crippen LogP contribution in [-0.2, 0) is 11.3 Å². The van der Waals surface area contributed by atoms with Gasteiger partial charge < -0.3 is 14.8 Å². The molecule has 1 aromatic rings. The second kappa shape index (κ2) is 9.97. The van der Waals surface area contributed by atoms with Crippen molar-refractivity contribution in [3.8, 4) is 5.88 Å². The van der Waals surface area contributed by atoms with Crippen molar-refractivity contribution in [2.45, 2.75) is 33.7 Å². The number of pyridine rings is 1. The topological polar surface area (TPSA) is 43.4 Å². The van der Waals surface area contributed by atoms with E-state index in [1.807, 2.05) is 6.07 Å². The highest BCUT2D eigenvalue weighted by Gasteiger charge is 2.05.